The van der Waals surface area contributed by atoms with Crippen LogP contribution in [0.5, 0.6) is 0 Å². The van der Waals surface area contributed by atoms with Crippen LogP contribution in [0, 0.1) is 25.2 Å². The molecule has 0 bridgehead atoms. The number of aromatic nitrogens is 1. The van der Waals surface area contributed by atoms with Crippen LogP contribution in [0.3, 0.4) is 0 Å². The number of pyridine rings is 1. The van der Waals surface area contributed by atoms with Gasteiger partial charge in [0.15, 0.2) is 0 Å². The van der Waals surface area contributed by atoms with Crippen molar-refractivity contribution in [3.05, 3.63) is 67.0 Å². The zero-order valence-corrected chi connectivity index (χ0v) is 12.9. The van der Waals surface area contributed by atoms with E-state index in [1.54, 1.807) is 38.1 Å². The minimum absolute atomic E-state index is 0.0833. The zero-order valence-electron chi connectivity index (χ0n) is 11.4. The summed E-state index contributed by atoms with van der Waals surface area (Å²) in [5.74, 6) is 0. The Bertz CT molecular complexity index is 832. The molecule has 0 fully saturated rings. The van der Waals surface area contributed by atoms with Crippen LogP contribution in [-0.2, 0) is 0 Å². The van der Waals surface area contributed by atoms with Gasteiger partial charge in [-0.25, -0.2) is 4.68 Å². The molecule has 0 aliphatic rings. The summed E-state index contributed by atoms with van der Waals surface area (Å²) in [6.07, 6.45) is 1.46. The van der Waals surface area contributed by atoms with Gasteiger partial charge in [0.1, 0.15) is 11.6 Å². The molecular formula is C15H11Cl2N3O. The van der Waals surface area contributed by atoms with E-state index >= 15 is 0 Å². The van der Waals surface area contributed by atoms with Crippen molar-refractivity contribution in [2.24, 2.45) is 5.10 Å². The number of nitrogens with zero attached hydrogens (tertiary/aromatic N) is 3. The molecule has 0 saturated heterocycles. The molecule has 21 heavy (non-hydrogen) atoms. The summed E-state index contributed by atoms with van der Waals surface area (Å²) >= 11 is 11.9. The van der Waals surface area contributed by atoms with Gasteiger partial charge in [-0.2, -0.15) is 10.4 Å². The summed E-state index contributed by atoms with van der Waals surface area (Å²) < 4.78 is 1.18. The van der Waals surface area contributed by atoms with Crippen molar-refractivity contribution in [1.82, 2.24) is 4.68 Å². The molecule has 0 atom stereocenters. The maximum Gasteiger partial charge on any atom is 0.289 e. The molecule has 0 aliphatic heterocycles. The van der Waals surface area contributed by atoms with Gasteiger partial charge in [-0.15, -0.1) is 0 Å². The third-order valence-electron chi connectivity index (χ3n) is 2.95. The first-order valence-electron chi connectivity index (χ1n) is 6.07. The average Bonchev–Trinajstić information content (AvgIpc) is 2.40. The van der Waals surface area contributed by atoms with Crippen LogP contribution in [0.2, 0.25) is 10.0 Å². The minimum atomic E-state index is -0.448. The number of benzene rings is 1. The molecule has 0 saturated carbocycles. The van der Waals surface area contributed by atoms with Crippen molar-refractivity contribution in [1.29, 1.82) is 5.26 Å². The Balaban J connectivity index is 2.52. The number of hydrogen-bond acceptors (Lipinski definition) is 3. The molecule has 4 nitrogen and oxygen atoms in total. The predicted octanol–water partition coefficient (Wildman–Crippen LogP) is 3.53. The highest BCUT2D eigenvalue weighted by Gasteiger charge is 2.09. The standard InChI is InChI=1S/C15H11Cl2N3O/c1-9-5-10(2)20(15(21)13(9)7-18)19-8-11-3-4-12(16)6-14(11)17/h3-6,8H,1-2H3. The van der Waals surface area contributed by atoms with Gasteiger partial charge in [-0.3, -0.25) is 4.79 Å². The van der Waals surface area contributed by atoms with Gasteiger partial charge < -0.3 is 0 Å². The monoisotopic (exact) mass is 319 g/mol. The van der Waals surface area contributed by atoms with E-state index in [4.69, 9.17) is 28.5 Å². The second-order valence-electron chi connectivity index (χ2n) is 4.48. The van der Waals surface area contributed by atoms with Crippen molar-refractivity contribution in [2.75, 3.05) is 0 Å². The van der Waals surface area contributed by atoms with Crippen LogP contribution >= 0.6 is 23.2 Å². The average molecular weight is 320 g/mol. The van der Waals surface area contributed by atoms with Crippen LogP contribution in [0.15, 0.2) is 34.2 Å². The molecule has 1 aromatic heterocycles. The maximum absolute atomic E-state index is 12.2. The molecule has 0 amide bonds. The molecule has 0 N–H and O–H groups in total. The van der Waals surface area contributed by atoms with Crippen molar-refractivity contribution in [2.45, 2.75) is 13.8 Å². The lowest BCUT2D eigenvalue weighted by atomic mass is 10.1. The molecule has 6 heteroatoms. The summed E-state index contributed by atoms with van der Waals surface area (Å²) in [6.45, 7) is 3.47. The maximum atomic E-state index is 12.2. The van der Waals surface area contributed by atoms with Crippen molar-refractivity contribution >= 4 is 29.4 Å². The second kappa shape index (κ2) is 6.13. The Morgan fingerprint density at radius 2 is 2.00 bits per heavy atom. The number of hydrogen-bond donors (Lipinski definition) is 0. The van der Waals surface area contributed by atoms with Crippen molar-refractivity contribution in [3.8, 4) is 6.07 Å². The molecule has 1 heterocycles. The minimum Gasteiger partial charge on any atom is -0.266 e. The highest BCUT2D eigenvalue weighted by molar-refractivity contribution is 6.36. The Kier molecular flexibility index (Phi) is 4.46. The van der Waals surface area contributed by atoms with Crippen LogP contribution < -0.4 is 5.56 Å². The molecule has 1 aromatic carbocycles. The van der Waals surface area contributed by atoms with E-state index in [0.717, 1.165) is 0 Å². The number of rotatable bonds is 2. The van der Waals surface area contributed by atoms with Crippen molar-refractivity contribution in [3.63, 3.8) is 0 Å². The lowest BCUT2D eigenvalue weighted by Crippen LogP contribution is -2.22. The third-order valence-corrected chi connectivity index (χ3v) is 3.51. The molecule has 106 valence electrons. The molecule has 2 rings (SSSR count). The van der Waals surface area contributed by atoms with Gasteiger partial charge in [-0.1, -0.05) is 29.3 Å². The Labute approximate surface area is 131 Å². The Morgan fingerprint density at radius 3 is 2.62 bits per heavy atom. The fourth-order valence-corrected chi connectivity index (χ4v) is 2.34. The van der Waals surface area contributed by atoms with E-state index in [0.29, 0.717) is 26.9 Å². The largest absolute Gasteiger partial charge is 0.289 e. The summed E-state index contributed by atoms with van der Waals surface area (Å²) in [7, 11) is 0. The van der Waals surface area contributed by atoms with Crippen LogP contribution in [-0.4, -0.2) is 10.9 Å². The Hall–Kier alpha value is -2.09. The van der Waals surface area contributed by atoms with Crippen LogP contribution in [0.25, 0.3) is 0 Å². The van der Waals surface area contributed by atoms with E-state index in [1.807, 2.05) is 6.07 Å². The summed E-state index contributed by atoms with van der Waals surface area (Å²) in [5.41, 5.74) is 1.54. The molecular weight excluding hydrogens is 309 g/mol. The molecule has 2 aromatic rings. The van der Waals surface area contributed by atoms with E-state index in [2.05, 4.69) is 5.10 Å². The summed E-state index contributed by atoms with van der Waals surface area (Å²) in [4.78, 5) is 12.2. The first-order chi connectivity index (χ1) is 9.93. The smallest absolute Gasteiger partial charge is 0.266 e. The fourth-order valence-electron chi connectivity index (χ4n) is 1.89. The van der Waals surface area contributed by atoms with Gasteiger partial charge in [0.25, 0.3) is 5.56 Å². The number of nitriles is 1. The van der Waals surface area contributed by atoms with Gasteiger partial charge in [0, 0.05) is 16.3 Å². The predicted molar refractivity (Wildman–Crippen MR) is 84.3 cm³/mol. The normalized spacial score (nSPS) is 10.8. The van der Waals surface area contributed by atoms with E-state index in [-0.39, 0.29) is 5.56 Å². The molecule has 0 radical (unpaired) electrons. The second-order valence-corrected chi connectivity index (χ2v) is 5.33. The third kappa shape index (κ3) is 3.15. The Morgan fingerprint density at radius 1 is 1.29 bits per heavy atom. The van der Waals surface area contributed by atoms with Gasteiger partial charge in [-0.05, 0) is 37.6 Å². The highest BCUT2D eigenvalue weighted by Crippen LogP contribution is 2.19. The van der Waals surface area contributed by atoms with Gasteiger partial charge in [0.2, 0.25) is 0 Å². The quantitative estimate of drug-likeness (QED) is 0.795. The lowest BCUT2D eigenvalue weighted by Gasteiger charge is -2.06. The topological polar surface area (TPSA) is 58.1 Å². The van der Waals surface area contributed by atoms with E-state index < -0.39 is 5.56 Å². The first-order valence-corrected chi connectivity index (χ1v) is 6.82. The lowest BCUT2D eigenvalue weighted by molar-refractivity contribution is 0.786. The molecule has 0 aliphatic carbocycles. The molecule has 0 spiro atoms. The van der Waals surface area contributed by atoms with Gasteiger partial charge >= 0.3 is 0 Å². The fraction of sp³-hybridized carbons (Fsp3) is 0.133. The first kappa shape index (κ1) is 15.3. The summed E-state index contributed by atoms with van der Waals surface area (Å²) in [5, 5.41) is 14.1. The van der Waals surface area contributed by atoms with Crippen molar-refractivity contribution < 1.29 is 0 Å². The van der Waals surface area contributed by atoms with E-state index in [1.165, 1.54) is 10.9 Å². The SMILES string of the molecule is Cc1cc(C)n(N=Cc2ccc(Cl)cc2Cl)c(=O)c1C#N. The van der Waals surface area contributed by atoms with Crippen LogP contribution in [0.4, 0.5) is 0 Å². The number of aryl methyl sites for hydroxylation is 2. The molecule has 0 unspecified atom stereocenters. The van der Waals surface area contributed by atoms with Crippen LogP contribution in [0.1, 0.15) is 22.4 Å². The summed E-state index contributed by atoms with van der Waals surface area (Å²) in [6, 6.07) is 8.61. The van der Waals surface area contributed by atoms with E-state index in [9.17, 15) is 4.79 Å². The zero-order chi connectivity index (χ0) is 15.6. The van der Waals surface area contributed by atoms with Gasteiger partial charge in [0.05, 0.1) is 11.2 Å². The number of halogens is 2. The highest BCUT2D eigenvalue weighted by atomic mass is 35.5.